The average molecular weight is 429 g/mol. The van der Waals surface area contributed by atoms with E-state index in [-0.39, 0.29) is 12.3 Å². The number of benzene rings is 2. The molecule has 2 heterocycles. The minimum Gasteiger partial charge on any atom is -0.361 e. The fourth-order valence-corrected chi connectivity index (χ4v) is 4.34. The zero-order valence-electron chi connectivity index (χ0n) is 17.2. The number of rotatable bonds is 7. The van der Waals surface area contributed by atoms with Crippen LogP contribution in [0, 0.1) is 0 Å². The van der Waals surface area contributed by atoms with Crippen LogP contribution in [0.15, 0.2) is 54.7 Å². The highest BCUT2D eigenvalue weighted by atomic mass is 19.4. The van der Waals surface area contributed by atoms with Gasteiger partial charge in [0.05, 0.1) is 5.56 Å². The third-order valence-electron chi connectivity index (χ3n) is 5.95. The first-order chi connectivity index (χ1) is 14.9. The summed E-state index contributed by atoms with van der Waals surface area (Å²) in [7, 11) is 0. The first-order valence-corrected chi connectivity index (χ1v) is 10.6. The molecule has 1 amide bonds. The number of carbonyl (C=O) groups is 1. The quantitative estimate of drug-likeness (QED) is 0.560. The van der Waals surface area contributed by atoms with E-state index in [9.17, 15) is 18.0 Å². The van der Waals surface area contributed by atoms with Gasteiger partial charge in [0, 0.05) is 42.5 Å². The maximum atomic E-state index is 13.3. The number of fused-ring (bicyclic) bond motifs is 1. The van der Waals surface area contributed by atoms with Gasteiger partial charge in [-0.15, -0.1) is 0 Å². The van der Waals surface area contributed by atoms with E-state index >= 15 is 0 Å². The Morgan fingerprint density at radius 2 is 1.87 bits per heavy atom. The van der Waals surface area contributed by atoms with Crippen molar-refractivity contribution >= 4 is 16.8 Å². The number of aromatic nitrogens is 1. The number of H-pyrrole nitrogens is 1. The van der Waals surface area contributed by atoms with Crippen LogP contribution in [-0.2, 0) is 11.0 Å². The van der Waals surface area contributed by atoms with E-state index in [2.05, 4.69) is 15.2 Å². The maximum Gasteiger partial charge on any atom is 0.416 e. The molecule has 1 aromatic heterocycles. The second-order valence-electron chi connectivity index (χ2n) is 8.07. The number of nitrogens with one attached hydrogen (secondary N) is 2. The molecular formula is C24H26F3N3O. The average Bonchev–Trinajstić information content (AvgIpc) is 3.41. The second kappa shape index (κ2) is 9.14. The molecule has 0 spiro atoms. The lowest BCUT2D eigenvalue weighted by molar-refractivity contribution is -0.137. The van der Waals surface area contributed by atoms with Gasteiger partial charge in [-0.3, -0.25) is 4.79 Å². The van der Waals surface area contributed by atoms with Gasteiger partial charge in [-0.05, 0) is 49.2 Å². The standard InChI is InChI=1S/C24H26F3N3O/c25-24(26,27)18-7-5-6-17(14-18)20(21-16-29-22-9-2-1-8-19(21)22)15-23(31)28-10-13-30-11-3-4-12-30/h1-2,5-9,14,16,20,29H,3-4,10-13,15H2,(H,28,31). The number of hydrogen-bond donors (Lipinski definition) is 2. The summed E-state index contributed by atoms with van der Waals surface area (Å²) in [6, 6.07) is 12.9. The Morgan fingerprint density at radius 1 is 1.10 bits per heavy atom. The van der Waals surface area contributed by atoms with Gasteiger partial charge >= 0.3 is 6.18 Å². The van der Waals surface area contributed by atoms with Crippen LogP contribution in [0.4, 0.5) is 13.2 Å². The smallest absolute Gasteiger partial charge is 0.361 e. The first-order valence-electron chi connectivity index (χ1n) is 10.6. The second-order valence-corrected chi connectivity index (χ2v) is 8.07. The minimum absolute atomic E-state index is 0.0865. The molecule has 0 aliphatic carbocycles. The molecule has 31 heavy (non-hydrogen) atoms. The lowest BCUT2D eigenvalue weighted by atomic mass is 9.87. The highest BCUT2D eigenvalue weighted by Gasteiger charge is 2.31. The molecule has 2 N–H and O–H groups in total. The van der Waals surface area contributed by atoms with Gasteiger partial charge in [0.25, 0.3) is 0 Å². The van der Waals surface area contributed by atoms with Gasteiger partial charge < -0.3 is 15.2 Å². The number of halogens is 3. The van der Waals surface area contributed by atoms with Crippen molar-refractivity contribution in [1.82, 2.24) is 15.2 Å². The predicted molar refractivity (Wildman–Crippen MR) is 115 cm³/mol. The summed E-state index contributed by atoms with van der Waals surface area (Å²) >= 11 is 0. The van der Waals surface area contributed by atoms with Gasteiger partial charge in [-0.2, -0.15) is 13.2 Å². The molecule has 1 unspecified atom stereocenters. The Labute approximate surface area is 179 Å². The van der Waals surface area contributed by atoms with Crippen molar-refractivity contribution in [1.29, 1.82) is 0 Å². The van der Waals surface area contributed by atoms with E-state index in [0.717, 1.165) is 48.2 Å². The molecular weight excluding hydrogens is 403 g/mol. The highest BCUT2D eigenvalue weighted by Crippen LogP contribution is 2.36. The van der Waals surface area contributed by atoms with E-state index < -0.39 is 17.7 Å². The Morgan fingerprint density at radius 3 is 2.65 bits per heavy atom. The molecule has 1 fully saturated rings. The number of alkyl halides is 3. The van der Waals surface area contributed by atoms with Crippen LogP contribution in [0.2, 0.25) is 0 Å². The number of nitrogens with zero attached hydrogens (tertiary/aromatic N) is 1. The van der Waals surface area contributed by atoms with Gasteiger partial charge in [0.1, 0.15) is 0 Å². The van der Waals surface area contributed by atoms with E-state index in [1.54, 1.807) is 12.3 Å². The molecule has 164 valence electrons. The lowest BCUT2D eigenvalue weighted by Gasteiger charge is -2.20. The molecule has 0 bridgehead atoms. The number of amides is 1. The van der Waals surface area contributed by atoms with E-state index in [1.165, 1.54) is 18.9 Å². The SMILES string of the molecule is O=C(CC(c1cccc(C(F)(F)F)c1)c1c[nH]c2ccccc12)NCCN1CCCC1. The van der Waals surface area contributed by atoms with Crippen molar-refractivity contribution < 1.29 is 18.0 Å². The summed E-state index contributed by atoms with van der Waals surface area (Å²) < 4.78 is 39.9. The van der Waals surface area contributed by atoms with Gasteiger partial charge in [-0.25, -0.2) is 0 Å². The molecule has 1 aliphatic rings. The van der Waals surface area contributed by atoms with Gasteiger partial charge in [0.2, 0.25) is 5.91 Å². The summed E-state index contributed by atoms with van der Waals surface area (Å²) in [5, 5.41) is 3.86. The van der Waals surface area contributed by atoms with Crippen molar-refractivity contribution in [3.05, 3.63) is 71.4 Å². The lowest BCUT2D eigenvalue weighted by Crippen LogP contribution is -2.34. The Hall–Kier alpha value is -2.80. The minimum atomic E-state index is -4.43. The summed E-state index contributed by atoms with van der Waals surface area (Å²) in [4.78, 5) is 18.2. The topological polar surface area (TPSA) is 48.1 Å². The molecule has 4 nitrogen and oxygen atoms in total. The van der Waals surface area contributed by atoms with Crippen LogP contribution < -0.4 is 5.32 Å². The molecule has 0 saturated carbocycles. The van der Waals surface area contributed by atoms with Crippen LogP contribution in [0.25, 0.3) is 10.9 Å². The molecule has 7 heteroatoms. The van der Waals surface area contributed by atoms with Crippen molar-refractivity contribution in [3.63, 3.8) is 0 Å². The Bertz CT molecular complexity index is 1040. The van der Waals surface area contributed by atoms with E-state index in [1.807, 2.05) is 24.3 Å². The fourth-order valence-electron chi connectivity index (χ4n) is 4.34. The fraction of sp³-hybridized carbons (Fsp3) is 0.375. The van der Waals surface area contributed by atoms with Crippen LogP contribution >= 0.6 is 0 Å². The summed E-state index contributed by atoms with van der Waals surface area (Å²) in [6.07, 6.45) is -0.173. The number of likely N-dealkylation sites (tertiary alicyclic amines) is 1. The summed E-state index contributed by atoms with van der Waals surface area (Å²) in [6.45, 7) is 3.45. The zero-order valence-corrected chi connectivity index (χ0v) is 17.2. The van der Waals surface area contributed by atoms with Crippen LogP contribution in [0.1, 0.15) is 41.9 Å². The number of aromatic amines is 1. The van der Waals surface area contributed by atoms with Gasteiger partial charge in [0.15, 0.2) is 0 Å². The number of hydrogen-bond acceptors (Lipinski definition) is 2. The van der Waals surface area contributed by atoms with Crippen molar-refractivity contribution in [3.8, 4) is 0 Å². The highest BCUT2D eigenvalue weighted by molar-refractivity contribution is 5.86. The first kappa shape index (κ1) is 21.4. The Balaban J connectivity index is 1.58. The molecule has 1 atom stereocenters. The van der Waals surface area contributed by atoms with Crippen LogP contribution in [0.3, 0.4) is 0 Å². The van der Waals surface area contributed by atoms with Crippen LogP contribution in [-0.4, -0.2) is 42.0 Å². The Kier molecular flexibility index (Phi) is 6.32. The van der Waals surface area contributed by atoms with Crippen LogP contribution in [0.5, 0.6) is 0 Å². The summed E-state index contributed by atoms with van der Waals surface area (Å²) in [5.41, 5.74) is 1.49. The molecule has 4 rings (SSSR count). The van der Waals surface area contributed by atoms with Crippen molar-refractivity contribution in [2.75, 3.05) is 26.2 Å². The largest absolute Gasteiger partial charge is 0.416 e. The number of carbonyl (C=O) groups excluding carboxylic acids is 1. The van der Waals surface area contributed by atoms with Crippen molar-refractivity contribution in [2.24, 2.45) is 0 Å². The zero-order chi connectivity index (χ0) is 21.8. The summed E-state index contributed by atoms with van der Waals surface area (Å²) in [5.74, 6) is -0.642. The normalized spacial score (nSPS) is 16.0. The third-order valence-corrected chi connectivity index (χ3v) is 5.95. The maximum absolute atomic E-state index is 13.3. The molecule has 0 radical (unpaired) electrons. The molecule has 2 aromatic carbocycles. The molecule has 1 saturated heterocycles. The van der Waals surface area contributed by atoms with E-state index in [0.29, 0.717) is 12.1 Å². The predicted octanol–water partition coefficient (Wildman–Crippen LogP) is 4.92. The third kappa shape index (κ3) is 5.10. The molecule has 1 aliphatic heterocycles. The van der Waals surface area contributed by atoms with Crippen molar-refractivity contribution in [2.45, 2.75) is 31.4 Å². The van der Waals surface area contributed by atoms with Gasteiger partial charge in [-0.1, -0.05) is 36.4 Å². The monoisotopic (exact) mass is 429 g/mol. The van der Waals surface area contributed by atoms with E-state index in [4.69, 9.17) is 0 Å². The molecule has 3 aromatic rings. The number of para-hydroxylation sites is 1.